The third-order valence-corrected chi connectivity index (χ3v) is 8.06. The number of aromatic nitrogens is 1. The summed E-state index contributed by atoms with van der Waals surface area (Å²) in [7, 11) is -2.04. The molecule has 1 saturated heterocycles. The Bertz CT molecular complexity index is 1520. The Morgan fingerprint density at radius 3 is 2.50 bits per heavy atom. The van der Waals surface area contributed by atoms with E-state index >= 15 is 0 Å². The maximum absolute atomic E-state index is 12.7. The van der Waals surface area contributed by atoms with E-state index in [2.05, 4.69) is 17.4 Å². The summed E-state index contributed by atoms with van der Waals surface area (Å²) in [6, 6.07) is 24.3. The maximum atomic E-state index is 12.7. The van der Waals surface area contributed by atoms with Crippen LogP contribution in [0.4, 0.5) is 5.69 Å². The Morgan fingerprint density at radius 1 is 0.975 bits per heavy atom. The van der Waals surface area contributed by atoms with E-state index in [0.29, 0.717) is 12.4 Å². The van der Waals surface area contributed by atoms with Gasteiger partial charge in [0.25, 0.3) is 10.1 Å². The van der Waals surface area contributed by atoms with Gasteiger partial charge < -0.3 is 19.5 Å². The van der Waals surface area contributed by atoms with Crippen molar-refractivity contribution in [1.82, 2.24) is 4.98 Å². The Balaban J connectivity index is 1.24. The molecule has 0 spiro atoms. The topological polar surface area (TPSA) is 96.0 Å². The van der Waals surface area contributed by atoms with Crippen LogP contribution < -0.4 is 10.1 Å². The van der Waals surface area contributed by atoms with E-state index in [4.69, 9.17) is 23.4 Å². The second kappa shape index (κ2) is 12.8. The average Bonchev–Trinajstić information content (AvgIpc) is 2.99. The normalized spacial score (nSPS) is 16.5. The van der Waals surface area contributed by atoms with E-state index < -0.39 is 22.5 Å². The number of anilines is 1. The summed E-state index contributed by atoms with van der Waals surface area (Å²) in [5.41, 5.74) is 4.75. The van der Waals surface area contributed by atoms with Crippen LogP contribution >= 0.6 is 0 Å². The van der Waals surface area contributed by atoms with Gasteiger partial charge in [-0.15, -0.1) is 0 Å². The van der Waals surface area contributed by atoms with E-state index in [9.17, 15) is 8.42 Å². The SMILES string of the molecule is CNc1ccc2nc(-c3ccc(OCC(COS(=O)(=O)c4ccc(C)cc4)OC4CCCCO4)cc3)ccc2c1. The maximum Gasteiger partial charge on any atom is 0.297 e. The zero-order valence-electron chi connectivity index (χ0n) is 22.7. The molecule has 40 heavy (non-hydrogen) atoms. The number of fused-ring (bicyclic) bond motifs is 1. The van der Waals surface area contributed by atoms with Crippen molar-refractivity contribution in [3.05, 3.63) is 84.4 Å². The molecule has 0 radical (unpaired) electrons. The zero-order chi connectivity index (χ0) is 28.0. The number of hydrogen-bond acceptors (Lipinski definition) is 8. The minimum absolute atomic E-state index is 0.102. The fourth-order valence-corrected chi connectivity index (χ4v) is 5.39. The molecule has 0 aliphatic carbocycles. The first-order chi connectivity index (χ1) is 19.4. The van der Waals surface area contributed by atoms with Crippen LogP contribution in [-0.4, -0.2) is 52.7 Å². The molecular formula is C31H34N2O6S. The number of nitrogens with one attached hydrogen (secondary N) is 1. The number of hydrogen-bond donors (Lipinski definition) is 1. The van der Waals surface area contributed by atoms with Crippen LogP contribution in [0.2, 0.25) is 0 Å². The highest BCUT2D eigenvalue weighted by molar-refractivity contribution is 7.86. The smallest absolute Gasteiger partial charge is 0.297 e. The zero-order valence-corrected chi connectivity index (χ0v) is 23.5. The first-order valence-corrected chi connectivity index (χ1v) is 14.9. The van der Waals surface area contributed by atoms with Crippen LogP contribution in [-0.2, 0) is 23.8 Å². The lowest BCUT2D eigenvalue weighted by Crippen LogP contribution is -2.35. The molecule has 210 valence electrons. The van der Waals surface area contributed by atoms with Crippen molar-refractivity contribution < 1.29 is 26.8 Å². The second-order valence-corrected chi connectivity index (χ2v) is 11.4. The molecule has 2 unspecified atom stereocenters. The fourth-order valence-electron chi connectivity index (χ4n) is 4.45. The van der Waals surface area contributed by atoms with Crippen LogP contribution in [0.1, 0.15) is 24.8 Å². The number of nitrogens with zero attached hydrogens (tertiary/aromatic N) is 1. The van der Waals surface area contributed by atoms with Crippen LogP contribution in [0.15, 0.2) is 83.8 Å². The average molecular weight is 563 g/mol. The van der Waals surface area contributed by atoms with Crippen molar-refractivity contribution in [3.8, 4) is 17.0 Å². The van der Waals surface area contributed by atoms with Gasteiger partial charge >= 0.3 is 0 Å². The molecule has 4 aromatic rings. The minimum atomic E-state index is -3.94. The van der Waals surface area contributed by atoms with Gasteiger partial charge in [-0.05, 0) is 86.8 Å². The van der Waals surface area contributed by atoms with Gasteiger partial charge in [-0.25, -0.2) is 4.98 Å². The lowest BCUT2D eigenvalue weighted by molar-refractivity contribution is -0.198. The van der Waals surface area contributed by atoms with Crippen molar-refractivity contribution in [3.63, 3.8) is 0 Å². The standard InChI is InChI=1S/C31H34N2O6S/c1-22-6-14-28(15-7-22)40(34,35)38-21-27(39-31-5-3-4-18-36-31)20-37-26-12-8-23(9-13-26)29-16-10-24-19-25(32-2)11-17-30(24)33-29/h6-17,19,27,31-32H,3-5,18,20-21H2,1-2H3. The predicted molar refractivity (Wildman–Crippen MR) is 155 cm³/mol. The molecule has 0 amide bonds. The van der Waals surface area contributed by atoms with Crippen molar-refractivity contribution in [2.75, 3.05) is 32.2 Å². The molecule has 0 bridgehead atoms. The van der Waals surface area contributed by atoms with Crippen LogP contribution in [0.5, 0.6) is 5.75 Å². The van der Waals surface area contributed by atoms with Crippen molar-refractivity contribution in [2.45, 2.75) is 43.5 Å². The van der Waals surface area contributed by atoms with Gasteiger partial charge in [0.15, 0.2) is 6.29 Å². The van der Waals surface area contributed by atoms with Crippen molar-refractivity contribution in [2.24, 2.45) is 0 Å². The molecule has 9 heteroatoms. The fraction of sp³-hybridized carbons (Fsp3) is 0.323. The number of ether oxygens (including phenoxy) is 3. The third-order valence-electron chi connectivity index (χ3n) is 6.76. The monoisotopic (exact) mass is 562 g/mol. The summed E-state index contributed by atoms with van der Waals surface area (Å²) in [6.07, 6.45) is 1.65. The van der Waals surface area contributed by atoms with Gasteiger partial charge in [0, 0.05) is 30.3 Å². The summed E-state index contributed by atoms with van der Waals surface area (Å²) in [5.74, 6) is 0.628. The number of rotatable bonds is 11. The van der Waals surface area contributed by atoms with Gasteiger partial charge in [-0.1, -0.05) is 23.8 Å². The molecule has 1 aromatic heterocycles. The molecule has 8 nitrogen and oxygen atoms in total. The molecule has 1 fully saturated rings. The third kappa shape index (κ3) is 7.17. The van der Waals surface area contributed by atoms with Crippen molar-refractivity contribution >= 4 is 26.7 Å². The van der Waals surface area contributed by atoms with E-state index in [0.717, 1.165) is 52.7 Å². The molecule has 5 rings (SSSR count). The highest BCUT2D eigenvalue weighted by atomic mass is 32.2. The van der Waals surface area contributed by atoms with E-state index in [-0.39, 0.29) is 18.1 Å². The van der Waals surface area contributed by atoms with Gasteiger partial charge in [-0.2, -0.15) is 8.42 Å². The van der Waals surface area contributed by atoms with Crippen molar-refractivity contribution in [1.29, 1.82) is 0 Å². The van der Waals surface area contributed by atoms with Crippen LogP contribution in [0.25, 0.3) is 22.2 Å². The largest absolute Gasteiger partial charge is 0.491 e. The molecule has 1 N–H and O–H groups in total. The first-order valence-electron chi connectivity index (χ1n) is 13.4. The molecule has 3 aromatic carbocycles. The quantitative estimate of drug-likeness (QED) is 0.224. The van der Waals surface area contributed by atoms with Crippen LogP contribution in [0, 0.1) is 6.92 Å². The number of aryl methyl sites for hydroxylation is 1. The summed E-state index contributed by atoms with van der Waals surface area (Å²) in [5, 5.41) is 4.21. The molecule has 0 saturated carbocycles. The Morgan fingerprint density at radius 2 is 1.77 bits per heavy atom. The lowest BCUT2D eigenvalue weighted by atomic mass is 10.1. The lowest BCUT2D eigenvalue weighted by Gasteiger charge is -2.27. The summed E-state index contributed by atoms with van der Waals surface area (Å²) in [4.78, 5) is 4.89. The Kier molecular flexibility index (Phi) is 8.96. The highest BCUT2D eigenvalue weighted by Gasteiger charge is 2.24. The molecular weight excluding hydrogens is 528 g/mol. The second-order valence-electron chi connectivity index (χ2n) is 9.80. The molecule has 1 aliphatic rings. The first kappa shape index (κ1) is 28.0. The van der Waals surface area contributed by atoms with Gasteiger partial charge in [0.2, 0.25) is 0 Å². The minimum Gasteiger partial charge on any atom is -0.491 e. The van der Waals surface area contributed by atoms with Gasteiger partial charge in [0.1, 0.15) is 18.5 Å². The van der Waals surface area contributed by atoms with E-state index in [1.807, 2.05) is 56.4 Å². The van der Waals surface area contributed by atoms with E-state index in [1.165, 1.54) is 12.1 Å². The summed E-state index contributed by atoms with van der Waals surface area (Å²) >= 11 is 0. The van der Waals surface area contributed by atoms with E-state index in [1.54, 1.807) is 12.1 Å². The van der Waals surface area contributed by atoms with Crippen LogP contribution in [0.3, 0.4) is 0 Å². The molecule has 1 aliphatic heterocycles. The van der Waals surface area contributed by atoms with Gasteiger partial charge in [-0.3, -0.25) is 4.18 Å². The van der Waals surface area contributed by atoms with Gasteiger partial charge in [0.05, 0.1) is 22.7 Å². The summed E-state index contributed by atoms with van der Waals surface area (Å²) in [6.45, 7) is 2.42. The predicted octanol–water partition coefficient (Wildman–Crippen LogP) is 5.95. The summed E-state index contributed by atoms with van der Waals surface area (Å²) < 4.78 is 48.6. The number of benzene rings is 3. The Labute approximate surface area is 235 Å². The molecule has 2 atom stereocenters. The Hall–Kier alpha value is -3.50. The highest BCUT2D eigenvalue weighted by Crippen LogP contribution is 2.25. The number of pyridine rings is 1. The molecule has 2 heterocycles.